The van der Waals surface area contributed by atoms with E-state index in [1.807, 2.05) is 0 Å². The minimum absolute atomic E-state index is 0. The molecule has 1 aliphatic heterocycles. The number of nitrogens with zero attached hydrogens (tertiary/aromatic N) is 2. The number of halogens is 1. The normalized spacial score (nSPS) is 28.8. The average Bonchev–Trinajstić information content (AvgIpc) is 3.34. The van der Waals surface area contributed by atoms with Crippen LogP contribution >= 0.6 is 12.4 Å². The van der Waals surface area contributed by atoms with E-state index in [1.54, 1.807) is 0 Å². The fourth-order valence-electron chi connectivity index (χ4n) is 5.58. The number of fused-ring (bicyclic) bond motifs is 2. The standard InChI is InChI=1S/C22H32N4O2.ClH/c23-21(27)19-16-7-8-17(15-16)20(19)22(28)24-9-4-10-25-11-13-26(14-12-25)18-5-2-1-3-6-18;/h1-3,5-6,16-17,19-20H,4,7-15H2,(H2,23,27)(H,24,28);1H. The van der Waals surface area contributed by atoms with Crippen molar-refractivity contribution in [2.45, 2.75) is 25.7 Å². The molecule has 0 spiro atoms. The quantitative estimate of drug-likeness (QED) is 0.660. The first-order valence-corrected chi connectivity index (χ1v) is 10.7. The van der Waals surface area contributed by atoms with Crippen molar-refractivity contribution in [2.24, 2.45) is 29.4 Å². The van der Waals surface area contributed by atoms with Gasteiger partial charge in [-0.3, -0.25) is 14.5 Å². The molecule has 4 unspecified atom stereocenters. The third kappa shape index (κ3) is 4.86. The van der Waals surface area contributed by atoms with Crippen LogP contribution in [-0.2, 0) is 9.59 Å². The minimum atomic E-state index is -0.288. The van der Waals surface area contributed by atoms with Gasteiger partial charge in [-0.2, -0.15) is 0 Å². The first-order chi connectivity index (χ1) is 13.6. The van der Waals surface area contributed by atoms with Gasteiger partial charge in [-0.1, -0.05) is 18.2 Å². The van der Waals surface area contributed by atoms with Gasteiger partial charge in [-0.25, -0.2) is 0 Å². The molecule has 7 heteroatoms. The Morgan fingerprint density at radius 3 is 2.31 bits per heavy atom. The molecule has 1 saturated heterocycles. The van der Waals surface area contributed by atoms with Gasteiger partial charge in [-0.05, 0) is 56.2 Å². The number of nitrogens with one attached hydrogen (secondary N) is 1. The van der Waals surface area contributed by atoms with E-state index >= 15 is 0 Å². The van der Waals surface area contributed by atoms with E-state index in [9.17, 15) is 9.59 Å². The lowest BCUT2D eigenvalue weighted by molar-refractivity contribution is -0.135. The summed E-state index contributed by atoms with van der Waals surface area (Å²) in [5.74, 6) is 0.0109. The molecule has 3 fully saturated rings. The van der Waals surface area contributed by atoms with E-state index in [1.165, 1.54) is 5.69 Å². The second-order valence-corrected chi connectivity index (χ2v) is 8.60. The first-order valence-electron chi connectivity index (χ1n) is 10.7. The zero-order valence-electron chi connectivity index (χ0n) is 17.0. The average molecular weight is 421 g/mol. The summed E-state index contributed by atoms with van der Waals surface area (Å²) in [6.07, 6.45) is 4.06. The Hall–Kier alpha value is -1.79. The van der Waals surface area contributed by atoms with Gasteiger partial charge < -0.3 is 16.0 Å². The van der Waals surface area contributed by atoms with Crippen molar-refractivity contribution in [1.29, 1.82) is 0 Å². The van der Waals surface area contributed by atoms with Gasteiger partial charge in [0, 0.05) is 38.4 Å². The number of para-hydroxylation sites is 1. The molecule has 3 aliphatic rings. The van der Waals surface area contributed by atoms with Crippen molar-refractivity contribution in [3.05, 3.63) is 30.3 Å². The van der Waals surface area contributed by atoms with Crippen LogP contribution < -0.4 is 16.0 Å². The lowest BCUT2D eigenvalue weighted by Gasteiger charge is -2.36. The van der Waals surface area contributed by atoms with Gasteiger partial charge in [0.15, 0.2) is 0 Å². The number of hydrogen-bond donors (Lipinski definition) is 2. The molecule has 1 aromatic rings. The van der Waals surface area contributed by atoms with Crippen LogP contribution in [0.1, 0.15) is 25.7 Å². The van der Waals surface area contributed by atoms with E-state index in [0.29, 0.717) is 18.4 Å². The van der Waals surface area contributed by atoms with Gasteiger partial charge in [0.05, 0.1) is 11.8 Å². The Kier molecular flexibility index (Phi) is 7.41. The van der Waals surface area contributed by atoms with Gasteiger partial charge >= 0.3 is 0 Å². The largest absolute Gasteiger partial charge is 0.369 e. The minimum Gasteiger partial charge on any atom is -0.369 e. The Labute approximate surface area is 179 Å². The van der Waals surface area contributed by atoms with Crippen LogP contribution in [0.3, 0.4) is 0 Å². The smallest absolute Gasteiger partial charge is 0.224 e. The van der Waals surface area contributed by atoms with Crippen molar-refractivity contribution < 1.29 is 9.59 Å². The lowest BCUT2D eigenvalue weighted by Crippen LogP contribution is -2.47. The summed E-state index contributed by atoms with van der Waals surface area (Å²) in [4.78, 5) is 29.4. The third-order valence-corrected chi connectivity index (χ3v) is 6.99. The summed E-state index contributed by atoms with van der Waals surface area (Å²) < 4.78 is 0. The zero-order chi connectivity index (χ0) is 19.5. The number of nitrogens with two attached hydrogens (primary N) is 1. The predicted octanol–water partition coefficient (Wildman–Crippen LogP) is 1.88. The van der Waals surface area contributed by atoms with Gasteiger partial charge in [-0.15, -0.1) is 12.4 Å². The molecule has 2 bridgehead atoms. The van der Waals surface area contributed by atoms with Crippen LogP contribution in [0.25, 0.3) is 0 Å². The molecule has 2 aliphatic carbocycles. The van der Waals surface area contributed by atoms with E-state index < -0.39 is 0 Å². The second-order valence-electron chi connectivity index (χ2n) is 8.60. The maximum Gasteiger partial charge on any atom is 0.224 e. The number of hydrogen-bond acceptors (Lipinski definition) is 4. The molecular formula is C22H33ClN4O2. The van der Waals surface area contributed by atoms with Crippen LogP contribution in [-0.4, -0.2) is 56.0 Å². The monoisotopic (exact) mass is 420 g/mol. The van der Waals surface area contributed by atoms with Crippen molar-refractivity contribution in [2.75, 3.05) is 44.2 Å². The van der Waals surface area contributed by atoms with Crippen LogP contribution in [0.5, 0.6) is 0 Å². The van der Waals surface area contributed by atoms with Crippen LogP contribution in [0.15, 0.2) is 30.3 Å². The molecular weight excluding hydrogens is 388 g/mol. The van der Waals surface area contributed by atoms with Crippen molar-refractivity contribution in [3.8, 4) is 0 Å². The second kappa shape index (κ2) is 9.81. The maximum atomic E-state index is 12.7. The van der Waals surface area contributed by atoms with Gasteiger partial charge in [0.1, 0.15) is 0 Å². The number of rotatable bonds is 7. The number of anilines is 1. The maximum absolute atomic E-state index is 12.7. The topological polar surface area (TPSA) is 78.7 Å². The van der Waals surface area contributed by atoms with Crippen LogP contribution in [0.4, 0.5) is 5.69 Å². The van der Waals surface area contributed by atoms with E-state index in [-0.39, 0.29) is 36.1 Å². The van der Waals surface area contributed by atoms with Crippen molar-refractivity contribution in [3.63, 3.8) is 0 Å². The summed E-state index contributed by atoms with van der Waals surface area (Å²) >= 11 is 0. The Balaban J connectivity index is 0.00000240. The SMILES string of the molecule is Cl.NC(=O)C1C2CCC(C2)C1C(=O)NCCCN1CCN(c2ccccc2)CC1. The molecule has 1 heterocycles. The Morgan fingerprint density at radius 2 is 1.66 bits per heavy atom. The highest BCUT2D eigenvalue weighted by Gasteiger charge is 2.53. The van der Waals surface area contributed by atoms with Crippen molar-refractivity contribution in [1.82, 2.24) is 10.2 Å². The molecule has 4 rings (SSSR count). The molecule has 1 aromatic carbocycles. The van der Waals surface area contributed by atoms with E-state index in [0.717, 1.165) is 58.4 Å². The zero-order valence-corrected chi connectivity index (χ0v) is 17.8. The molecule has 6 nitrogen and oxygen atoms in total. The van der Waals surface area contributed by atoms with Crippen molar-refractivity contribution >= 4 is 29.9 Å². The summed E-state index contributed by atoms with van der Waals surface area (Å²) in [6, 6.07) is 10.6. The Bertz CT molecular complexity index is 693. The molecule has 0 aromatic heterocycles. The molecule has 2 saturated carbocycles. The molecule has 4 atom stereocenters. The lowest BCUT2D eigenvalue weighted by atomic mass is 9.78. The summed E-state index contributed by atoms with van der Waals surface area (Å²) in [5.41, 5.74) is 6.88. The number of amides is 2. The summed E-state index contributed by atoms with van der Waals surface area (Å²) in [5, 5.41) is 3.08. The molecule has 160 valence electrons. The number of primary amides is 1. The summed E-state index contributed by atoms with van der Waals surface area (Å²) in [7, 11) is 0. The number of carbonyl (C=O) groups excluding carboxylic acids is 2. The molecule has 0 radical (unpaired) electrons. The van der Waals surface area contributed by atoms with E-state index in [4.69, 9.17) is 5.73 Å². The summed E-state index contributed by atoms with van der Waals surface area (Å²) in [6.45, 7) is 5.87. The highest BCUT2D eigenvalue weighted by atomic mass is 35.5. The van der Waals surface area contributed by atoms with Gasteiger partial charge in [0.2, 0.25) is 11.8 Å². The molecule has 2 amide bonds. The first kappa shape index (κ1) is 21.9. The van der Waals surface area contributed by atoms with Gasteiger partial charge in [0.25, 0.3) is 0 Å². The predicted molar refractivity (Wildman–Crippen MR) is 117 cm³/mol. The highest BCUT2D eigenvalue weighted by molar-refractivity contribution is 5.88. The number of benzene rings is 1. The number of piperazine rings is 1. The highest BCUT2D eigenvalue weighted by Crippen LogP contribution is 2.52. The molecule has 29 heavy (non-hydrogen) atoms. The van der Waals surface area contributed by atoms with Crippen LogP contribution in [0, 0.1) is 23.7 Å². The molecule has 3 N–H and O–H groups in total. The third-order valence-electron chi connectivity index (χ3n) is 6.99. The van der Waals surface area contributed by atoms with E-state index in [2.05, 4.69) is 45.4 Å². The fourth-order valence-corrected chi connectivity index (χ4v) is 5.58. The number of carbonyl (C=O) groups is 2. The van der Waals surface area contributed by atoms with Crippen LogP contribution in [0.2, 0.25) is 0 Å². The fraction of sp³-hybridized carbons (Fsp3) is 0.636. The Morgan fingerprint density at radius 1 is 1.00 bits per heavy atom.